The highest BCUT2D eigenvalue weighted by molar-refractivity contribution is 5.67. The van der Waals surface area contributed by atoms with Crippen LogP contribution in [-0.4, -0.2) is 98.4 Å². The first-order chi connectivity index (χ1) is 12.1. The average molecular weight is 356 g/mol. The van der Waals surface area contributed by atoms with Gasteiger partial charge in [0.2, 0.25) is 0 Å². The minimum atomic E-state index is -1.03. The summed E-state index contributed by atoms with van der Waals surface area (Å²) in [7, 11) is 0. The van der Waals surface area contributed by atoms with Crippen molar-refractivity contribution in [1.82, 2.24) is 30.5 Å². The molecule has 0 saturated carbocycles. The standard InChI is InChI=1S/C14H24N6O5/c21-7-11-13(23)12(22)10(16-11)6-20-5-9(17-18-20)8-25-14(24)19-3-1-15-2-4-19/h5,10-13,15-16,21-23H,1-4,6-8H2/t10-,11-,12-,13-/m1/s1. The zero-order chi connectivity index (χ0) is 17.8. The number of aliphatic hydroxyl groups is 3. The monoisotopic (exact) mass is 356 g/mol. The number of aromatic nitrogens is 3. The Hall–Kier alpha value is -1.79. The molecular weight excluding hydrogens is 332 g/mol. The molecule has 4 atom stereocenters. The minimum Gasteiger partial charge on any atom is -0.443 e. The van der Waals surface area contributed by atoms with Gasteiger partial charge in [-0.05, 0) is 0 Å². The summed E-state index contributed by atoms with van der Waals surface area (Å²) < 4.78 is 6.73. The highest BCUT2D eigenvalue weighted by atomic mass is 16.6. The molecule has 1 amide bonds. The van der Waals surface area contributed by atoms with Crippen LogP contribution in [0.2, 0.25) is 0 Å². The molecule has 2 aliphatic rings. The number of ether oxygens (including phenoxy) is 1. The second-order valence-electron chi connectivity index (χ2n) is 6.27. The summed E-state index contributed by atoms with van der Waals surface area (Å²) in [4.78, 5) is 13.6. The van der Waals surface area contributed by atoms with E-state index in [4.69, 9.17) is 9.84 Å². The van der Waals surface area contributed by atoms with E-state index >= 15 is 0 Å². The van der Waals surface area contributed by atoms with Crippen LogP contribution in [0.4, 0.5) is 4.79 Å². The summed E-state index contributed by atoms with van der Waals surface area (Å²) in [5.41, 5.74) is 0.496. The first-order valence-corrected chi connectivity index (χ1v) is 8.33. The zero-order valence-electron chi connectivity index (χ0n) is 13.8. The number of carbonyl (C=O) groups excluding carboxylic acids is 1. The third-order valence-corrected chi connectivity index (χ3v) is 4.49. The largest absolute Gasteiger partial charge is 0.443 e. The van der Waals surface area contributed by atoms with Gasteiger partial charge in [0.1, 0.15) is 12.3 Å². The number of aliphatic hydroxyl groups excluding tert-OH is 3. The fraction of sp³-hybridized carbons (Fsp3) is 0.786. The quantitative estimate of drug-likeness (QED) is 0.370. The molecule has 0 bridgehead atoms. The van der Waals surface area contributed by atoms with Crippen molar-refractivity contribution in [3.63, 3.8) is 0 Å². The van der Waals surface area contributed by atoms with Crippen molar-refractivity contribution in [2.75, 3.05) is 32.8 Å². The molecule has 5 N–H and O–H groups in total. The molecule has 2 saturated heterocycles. The summed E-state index contributed by atoms with van der Waals surface area (Å²) in [6.45, 7) is 2.76. The van der Waals surface area contributed by atoms with Gasteiger partial charge in [-0.1, -0.05) is 5.21 Å². The summed E-state index contributed by atoms with van der Waals surface area (Å²) in [5, 5.41) is 42.9. The Morgan fingerprint density at radius 2 is 2.00 bits per heavy atom. The second kappa shape index (κ2) is 8.06. The molecule has 3 heterocycles. The predicted molar refractivity (Wildman–Crippen MR) is 84.5 cm³/mol. The number of nitrogens with one attached hydrogen (secondary N) is 2. The van der Waals surface area contributed by atoms with E-state index in [-0.39, 0.29) is 25.9 Å². The lowest BCUT2D eigenvalue weighted by Crippen LogP contribution is -2.46. The molecule has 2 aliphatic heterocycles. The lowest BCUT2D eigenvalue weighted by molar-refractivity contribution is 0.0175. The van der Waals surface area contributed by atoms with Crippen LogP contribution in [0.1, 0.15) is 5.69 Å². The lowest BCUT2D eigenvalue weighted by Gasteiger charge is -2.26. The van der Waals surface area contributed by atoms with E-state index in [1.807, 2.05) is 0 Å². The van der Waals surface area contributed by atoms with Crippen LogP contribution in [0.3, 0.4) is 0 Å². The molecule has 1 aromatic rings. The molecule has 2 fully saturated rings. The topological polar surface area (TPSA) is 145 Å². The lowest BCUT2D eigenvalue weighted by atomic mass is 10.1. The summed E-state index contributed by atoms with van der Waals surface area (Å²) in [6, 6.07) is -1.02. The van der Waals surface area contributed by atoms with Gasteiger partial charge in [0.05, 0.1) is 43.6 Å². The first kappa shape index (κ1) is 18.0. The van der Waals surface area contributed by atoms with Gasteiger partial charge in [-0.3, -0.25) is 4.68 Å². The molecule has 0 unspecified atom stereocenters. The van der Waals surface area contributed by atoms with Gasteiger partial charge >= 0.3 is 6.09 Å². The highest BCUT2D eigenvalue weighted by Crippen LogP contribution is 2.15. The molecular formula is C14H24N6O5. The molecule has 11 nitrogen and oxygen atoms in total. The fourth-order valence-corrected chi connectivity index (χ4v) is 3.04. The summed E-state index contributed by atoms with van der Waals surface area (Å²) in [5.74, 6) is 0. The van der Waals surface area contributed by atoms with Crippen LogP contribution in [0, 0.1) is 0 Å². The van der Waals surface area contributed by atoms with E-state index in [9.17, 15) is 15.0 Å². The molecule has 25 heavy (non-hydrogen) atoms. The van der Waals surface area contributed by atoms with Gasteiger partial charge in [-0.2, -0.15) is 0 Å². The molecule has 11 heteroatoms. The average Bonchev–Trinajstić information content (AvgIpc) is 3.20. The maximum atomic E-state index is 11.9. The SMILES string of the molecule is O=C(OCc1cn(C[C@H]2N[C@H](CO)[C@@H](O)[C@@H]2O)nn1)N1CCNCC1. The Morgan fingerprint density at radius 1 is 1.28 bits per heavy atom. The van der Waals surface area contributed by atoms with E-state index in [0.29, 0.717) is 18.8 Å². The van der Waals surface area contributed by atoms with Crippen LogP contribution in [-0.2, 0) is 17.9 Å². The predicted octanol–water partition coefficient (Wildman–Crippen LogP) is -3.13. The van der Waals surface area contributed by atoms with Crippen molar-refractivity contribution in [3.8, 4) is 0 Å². The van der Waals surface area contributed by atoms with Crippen LogP contribution in [0.5, 0.6) is 0 Å². The molecule has 3 rings (SSSR count). The second-order valence-corrected chi connectivity index (χ2v) is 6.27. The smallest absolute Gasteiger partial charge is 0.410 e. The van der Waals surface area contributed by atoms with Gasteiger partial charge in [0.15, 0.2) is 0 Å². The number of nitrogens with zero attached hydrogens (tertiary/aromatic N) is 4. The van der Waals surface area contributed by atoms with Gasteiger partial charge in [0, 0.05) is 26.2 Å². The number of amides is 1. The van der Waals surface area contributed by atoms with E-state index in [2.05, 4.69) is 20.9 Å². The van der Waals surface area contributed by atoms with Gasteiger partial charge in [-0.15, -0.1) is 5.10 Å². The molecule has 1 aromatic heterocycles. The van der Waals surface area contributed by atoms with Crippen molar-refractivity contribution in [2.24, 2.45) is 0 Å². The van der Waals surface area contributed by atoms with Crippen molar-refractivity contribution in [3.05, 3.63) is 11.9 Å². The van der Waals surface area contributed by atoms with Crippen LogP contribution in [0.25, 0.3) is 0 Å². The van der Waals surface area contributed by atoms with Crippen molar-refractivity contribution in [2.45, 2.75) is 37.4 Å². The number of hydrogen-bond acceptors (Lipinski definition) is 9. The van der Waals surface area contributed by atoms with Crippen molar-refractivity contribution >= 4 is 6.09 Å². The molecule has 0 spiro atoms. The van der Waals surface area contributed by atoms with Gasteiger partial charge in [-0.25, -0.2) is 4.79 Å². The third kappa shape index (κ3) is 4.25. The highest BCUT2D eigenvalue weighted by Gasteiger charge is 2.40. The van der Waals surface area contributed by atoms with Gasteiger partial charge < -0.3 is 35.6 Å². The maximum Gasteiger partial charge on any atom is 0.410 e. The fourth-order valence-electron chi connectivity index (χ4n) is 3.04. The third-order valence-electron chi connectivity index (χ3n) is 4.49. The molecule has 0 aliphatic carbocycles. The Kier molecular flexibility index (Phi) is 5.81. The van der Waals surface area contributed by atoms with E-state index < -0.39 is 24.3 Å². The van der Waals surface area contributed by atoms with Crippen molar-refractivity contribution in [1.29, 1.82) is 0 Å². The molecule has 0 radical (unpaired) electrons. The Balaban J connectivity index is 1.48. The number of rotatable bonds is 5. The summed E-state index contributed by atoms with van der Waals surface area (Å²) in [6.07, 6.45) is -0.788. The van der Waals surface area contributed by atoms with Crippen LogP contribution >= 0.6 is 0 Å². The molecule has 0 aromatic carbocycles. The Labute approximate surface area is 144 Å². The Bertz CT molecular complexity index is 578. The van der Waals surface area contributed by atoms with Gasteiger partial charge in [0.25, 0.3) is 0 Å². The number of piperazine rings is 1. The minimum absolute atomic E-state index is 0.0191. The summed E-state index contributed by atoms with van der Waals surface area (Å²) >= 11 is 0. The molecule has 140 valence electrons. The normalized spacial score (nSPS) is 29.8. The maximum absolute atomic E-state index is 11.9. The number of carbonyl (C=O) groups is 1. The first-order valence-electron chi connectivity index (χ1n) is 8.33. The van der Waals surface area contributed by atoms with Crippen molar-refractivity contribution < 1.29 is 24.9 Å². The Morgan fingerprint density at radius 3 is 2.68 bits per heavy atom. The van der Waals surface area contributed by atoms with E-state index in [1.165, 1.54) is 4.68 Å². The van der Waals surface area contributed by atoms with Crippen LogP contribution in [0.15, 0.2) is 6.20 Å². The van der Waals surface area contributed by atoms with E-state index in [1.54, 1.807) is 11.1 Å². The van der Waals surface area contributed by atoms with E-state index in [0.717, 1.165) is 13.1 Å². The van der Waals surface area contributed by atoms with Crippen LogP contribution < -0.4 is 10.6 Å². The zero-order valence-corrected chi connectivity index (χ0v) is 13.8. The number of hydrogen-bond donors (Lipinski definition) is 5.